The van der Waals surface area contributed by atoms with Crippen LogP contribution in [0.15, 0.2) is 6.33 Å². The number of aryl methyl sites for hydroxylation is 1. The fourth-order valence-electron chi connectivity index (χ4n) is 3.36. The van der Waals surface area contributed by atoms with E-state index >= 15 is 0 Å². The van der Waals surface area contributed by atoms with Crippen LogP contribution in [-0.2, 0) is 6.54 Å². The van der Waals surface area contributed by atoms with Crippen LogP contribution >= 0.6 is 0 Å². The number of amides is 1. The van der Waals surface area contributed by atoms with Crippen molar-refractivity contribution < 1.29 is 14.6 Å². The Morgan fingerprint density at radius 3 is 2.85 bits per heavy atom. The minimum absolute atomic E-state index is 0.215. The normalized spacial score (nSPS) is 17.3. The molecule has 2 aromatic heterocycles. The predicted molar refractivity (Wildman–Crippen MR) is 97.7 cm³/mol. The van der Waals surface area contributed by atoms with Crippen LogP contribution in [0.2, 0.25) is 0 Å². The molecule has 1 N–H and O–H groups in total. The summed E-state index contributed by atoms with van der Waals surface area (Å²) in [5.41, 5.74) is 1.35. The topological polar surface area (TPSA) is 96.6 Å². The number of rotatable bonds is 6. The van der Waals surface area contributed by atoms with Gasteiger partial charge in [0, 0.05) is 33.1 Å². The van der Waals surface area contributed by atoms with Gasteiger partial charge in [-0.05, 0) is 12.8 Å². The zero-order chi connectivity index (χ0) is 18.8. The minimum Gasteiger partial charge on any atom is -0.471 e. The van der Waals surface area contributed by atoms with Gasteiger partial charge in [-0.3, -0.25) is 4.57 Å². The van der Waals surface area contributed by atoms with Gasteiger partial charge in [-0.25, -0.2) is 14.8 Å². The lowest BCUT2D eigenvalue weighted by Crippen LogP contribution is -2.29. The van der Waals surface area contributed by atoms with Crippen molar-refractivity contribution in [1.82, 2.24) is 24.4 Å². The summed E-state index contributed by atoms with van der Waals surface area (Å²) in [5, 5.41) is 9.10. The standard InChI is InChI=1S/C17H26N6O3/c1-5-23-14-13(20-16(23)21(4)8-11(2)3)15(19-10-18-14)26-12-6-7-22(9-12)17(24)25/h10-12H,5-9H2,1-4H3,(H,24,25)/t12-/m0/s1. The van der Waals surface area contributed by atoms with E-state index in [-0.39, 0.29) is 6.10 Å². The lowest BCUT2D eigenvalue weighted by molar-refractivity contribution is 0.145. The van der Waals surface area contributed by atoms with Gasteiger partial charge in [0.05, 0.1) is 6.54 Å². The van der Waals surface area contributed by atoms with E-state index in [2.05, 4.69) is 35.6 Å². The van der Waals surface area contributed by atoms with Crippen LogP contribution in [0.5, 0.6) is 5.88 Å². The molecule has 0 aliphatic carbocycles. The Morgan fingerprint density at radius 1 is 1.46 bits per heavy atom. The van der Waals surface area contributed by atoms with Crippen molar-refractivity contribution in [2.45, 2.75) is 39.8 Å². The lowest BCUT2D eigenvalue weighted by atomic mass is 10.2. The number of aromatic nitrogens is 4. The molecule has 0 spiro atoms. The van der Waals surface area contributed by atoms with Gasteiger partial charge in [-0.15, -0.1) is 0 Å². The first kappa shape index (κ1) is 18.2. The van der Waals surface area contributed by atoms with Crippen molar-refractivity contribution in [2.24, 2.45) is 5.92 Å². The third-order valence-corrected chi connectivity index (χ3v) is 4.47. The molecule has 142 valence electrons. The van der Waals surface area contributed by atoms with E-state index in [0.29, 0.717) is 36.8 Å². The summed E-state index contributed by atoms with van der Waals surface area (Å²) < 4.78 is 8.04. The third kappa shape index (κ3) is 3.51. The molecule has 1 aliphatic rings. The van der Waals surface area contributed by atoms with E-state index in [1.165, 1.54) is 11.2 Å². The average molecular weight is 362 g/mol. The number of imidazole rings is 1. The first-order valence-corrected chi connectivity index (χ1v) is 8.97. The maximum Gasteiger partial charge on any atom is 0.407 e. The molecule has 2 aromatic rings. The second-order valence-electron chi connectivity index (χ2n) is 7.04. The van der Waals surface area contributed by atoms with Gasteiger partial charge in [0.25, 0.3) is 0 Å². The van der Waals surface area contributed by atoms with Crippen molar-refractivity contribution in [3.8, 4) is 5.88 Å². The maximum absolute atomic E-state index is 11.1. The number of carboxylic acid groups (broad SMARTS) is 1. The first-order chi connectivity index (χ1) is 12.4. The van der Waals surface area contributed by atoms with E-state index in [9.17, 15) is 4.79 Å². The molecule has 0 unspecified atom stereocenters. The molecule has 1 amide bonds. The number of nitrogens with zero attached hydrogens (tertiary/aromatic N) is 6. The monoisotopic (exact) mass is 362 g/mol. The van der Waals surface area contributed by atoms with Gasteiger partial charge in [0.2, 0.25) is 11.8 Å². The van der Waals surface area contributed by atoms with E-state index in [0.717, 1.165) is 24.7 Å². The number of fused-ring (bicyclic) bond motifs is 1. The fourth-order valence-corrected chi connectivity index (χ4v) is 3.36. The Bertz CT molecular complexity index is 790. The largest absolute Gasteiger partial charge is 0.471 e. The number of hydrogen-bond acceptors (Lipinski definition) is 6. The van der Waals surface area contributed by atoms with Crippen molar-refractivity contribution in [1.29, 1.82) is 0 Å². The summed E-state index contributed by atoms with van der Waals surface area (Å²) in [5.74, 6) is 1.76. The van der Waals surface area contributed by atoms with Crippen molar-refractivity contribution in [2.75, 3.05) is 31.6 Å². The van der Waals surface area contributed by atoms with E-state index in [1.807, 2.05) is 11.6 Å². The molecule has 3 rings (SSSR count). The fraction of sp³-hybridized carbons (Fsp3) is 0.647. The molecular formula is C17H26N6O3. The molecule has 1 aliphatic heterocycles. The molecular weight excluding hydrogens is 336 g/mol. The number of anilines is 1. The van der Waals surface area contributed by atoms with Gasteiger partial charge < -0.3 is 19.6 Å². The first-order valence-electron chi connectivity index (χ1n) is 8.97. The molecule has 9 heteroatoms. The van der Waals surface area contributed by atoms with Crippen LogP contribution in [0.4, 0.5) is 10.7 Å². The molecule has 26 heavy (non-hydrogen) atoms. The Balaban J connectivity index is 1.90. The van der Waals surface area contributed by atoms with Crippen LogP contribution in [0.1, 0.15) is 27.2 Å². The Morgan fingerprint density at radius 2 is 2.23 bits per heavy atom. The third-order valence-electron chi connectivity index (χ3n) is 4.47. The molecule has 1 fully saturated rings. The summed E-state index contributed by atoms with van der Waals surface area (Å²) in [7, 11) is 2.02. The molecule has 0 saturated carbocycles. The molecule has 1 atom stereocenters. The highest BCUT2D eigenvalue weighted by atomic mass is 16.5. The van der Waals surface area contributed by atoms with Crippen molar-refractivity contribution >= 4 is 23.2 Å². The second kappa shape index (κ2) is 7.35. The number of likely N-dealkylation sites (tertiary alicyclic amines) is 1. The van der Waals surface area contributed by atoms with Gasteiger partial charge in [-0.2, -0.15) is 4.98 Å². The molecule has 0 radical (unpaired) electrons. The number of hydrogen-bond donors (Lipinski definition) is 1. The second-order valence-corrected chi connectivity index (χ2v) is 7.04. The van der Waals surface area contributed by atoms with E-state index in [4.69, 9.17) is 14.8 Å². The summed E-state index contributed by atoms with van der Waals surface area (Å²) in [4.78, 5) is 27.9. The summed E-state index contributed by atoms with van der Waals surface area (Å²) in [6, 6.07) is 0. The van der Waals surface area contributed by atoms with Crippen LogP contribution in [-0.4, -0.2) is 68.4 Å². The molecule has 0 bridgehead atoms. The van der Waals surface area contributed by atoms with Crippen LogP contribution in [0.25, 0.3) is 11.2 Å². The highest BCUT2D eigenvalue weighted by Gasteiger charge is 2.29. The summed E-state index contributed by atoms with van der Waals surface area (Å²) >= 11 is 0. The van der Waals surface area contributed by atoms with Crippen LogP contribution < -0.4 is 9.64 Å². The zero-order valence-electron chi connectivity index (χ0n) is 15.7. The van der Waals surface area contributed by atoms with Crippen LogP contribution in [0, 0.1) is 5.92 Å². The molecule has 3 heterocycles. The van der Waals surface area contributed by atoms with Gasteiger partial charge in [-0.1, -0.05) is 13.8 Å². The predicted octanol–water partition coefficient (Wildman–Crippen LogP) is 2.07. The maximum atomic E-state index is 11.1. The average Bonchev–Trinajstić information content (AvgIpc) is 3.19. The Labute approximate surface area is 152 Å². The summed E-state index contributed by atoms with van der Waals surface area (Å²) in [6.45, 7) is 8.81. The van der Waals surface area contributed by atoms with E-state index < -0.39 is 6.09 Å². The molecule has 9 nitrogen and oxygen atoms in total. The van der Waals surface area contributed by atoms with Gasteiger partial charge >= 0.3 is 6.09 Å². The van der Waals surface area contributed by atoms with Crippen LogP contribution in [0.3, 0.4) is 0 Å². The minimum atomic E-state index is -0.920. The molecule has 1 saturated heterocycles. The SMILES string of the molecule is CCn1c(N(C)CC(C)C)nc2c(O[C@H]3CCN(C(=O)O)C3)ncnc21. The summed E-state index contributed by atoms with van der Waals surface area (Å²) in [6.07, 6.45) is 0.984. The Hall–Kier alpha value is -2.58. The number of carbonyl (C=O) groups is 1. The van der Waals surface area contributed by atoms with E-state index in [1.54, 1.807) is 0 Å². The molecule has 0 aromatic carbocycles. The zero-order valence-corrected chi connectivity index (χ0v) is 15.7. The number of ether oxygens (including phenoxy) is 1. The van der Waals surface area contributed by atoms with Crippen molar-refractivity contribution in [3.05, 3.63) is 6.33 Å². The highest BCUT2D eigenvalue weighted by Crippen LogP contribution is 2.28. The van der Waals surface area contributed by atoms with Gasteiger partial charge in [0.15, 0.2) is 11.2 Å². The van der Waals surface area contributed by atoms with Gasteiger partial charge in [0.1, 0.15) is 12.4 Å². The van der Waals surface area contributed by atoms with Crippen molar-refractivity contribution in [3.63, 3.8) is 0 Å². The highest BCUT2D eigenvalue weighted by molar-refractivity contribution is 5.79. The Kier molecular flexibility index (Phi) is 5.15. The quantitative estimate of drug-likeness (QED) is 0.840. The lowest BCUT2D eigenvalue weighted by Gasteiger charge is -2.20. The smallest absolute Gasteiger partial charge is 0.407 e.